The molecule has 0 amide bonds. The maximum atomic E-state index is 10.8. The van der Waals surface area contributed by atoms with Crippen molar-refractivity contribution < 1.29 is 24.1 Å². The molecule has 0 saturated carbocycles. The Morgan fingerprint density at radius 1 is 1.11 bits per heavy atom. The number of nitrogens with zero attached hydrogens (tertiary/aromatic N) is 5. The molecule has 0 saturated heterocycles. The summed E-state index contributed by atoms with van der Waals surface area (Å²) in [7, 11) is 3.17. The molecule has 0 spiro atoms. The number of carboxylic acids is 1. The minimum atomic E-state index is -1.06. The Hall–Kier alpha value is -4.25. The van der Waals surface area contributed by atoms with E-state index >= 15 is 0 Å². The summed E-state index contributed by atoms with van der Waals surface area (Å²) >= 11 is 0. The third-order valence-corrected chi connectivity index (χ3v) is 5.79. The predicted octanol–water partition coefficient (Wildman–Crippen LogP) is 3.87. The summed E-state index contributed by atoms with van der Waals surface area (Å²) in [5.74, 6) is 1.06. The van der Waals surface area contributed by atoms with Crippen LogP contribution in [0.25, 0.3) is 21.9 Å². The summed E-state index contributed by atoms with van der Waals surface area (Å²) in [4.78, 5) is 20.1. The third-order valence-electron chi connectivity index (χ3n) is 5.79. The van der Waals surface area contributed by atoms with Gasteiger partial charge in [0.15, 0.2) is 23.9 Å². The van der Waals surface area contributed by atoms with Gasteiger partial charge in [0, 0.05) is 25.5 Å². The van der Waals surface area contributed by atoms with Crippen LogP contribution in [-0.4, -0.2) is 59.6 Å². The number of benzene rings is 2. The highest BCUT2D eigenvalue weighted by atomic mass is 16.5. The topological polar surface area (TPSA) is 146 Å². The van der Waals surface area contributed by atoms with Gasteiger partial charge in [-0.15, -0.1) is 0 Å². The zero-order chi connectivity index (χ0) is 26.2. The first-order chi connectivity index (χ1) is 18.0. The van der Waals surface area contributed by atoms with Gasteiger partial charge in [-0.25, -0.2) is 14.8 Å². The van der Waals surface area contributed by atoms with Gasteiger partial charge in [0.1, 0.15) is 11.3 Å². The standard InChI is InChI=1S/C26H30N6O5/c1-35-13-10-22-31-24-25(18-6-3-4-7-19(18)30-26(24)27)32(22)12-5-11-28-29-15-17-8-9-20(36-2)21(14-17)37-16-23(33)34/h3-4,6-9,14H,5,10-13,15-16H2,1-2H3,(H2,27,30)(H,33,34). The summed E-state index contributed by atoms with van der Waals surface area (Å²) < 4.78 is 18.0. The van der Waals surface area contributed by atoms with Crippen molar-refractivity contribution in [3.05, 3.63) is 53.9 Å². The Kier molecular flexibility index (Phi) is 8.47. The predicted molar refractivity (Wildman–Crippen MR) is 139 cm³/mol. The van der Waals surface area contributed by atoms with Gasteiger partial charge in [-0.2, -0.15) is 10.2 Å². The molecule has 0 aliphatic heterocycles. The number of hydrogen-bond donors (Lipinski definition) is 2. The normalized spacial score (nSPS) is 11.5. The average molecular weight is 507 g/mol. The highest BCUT2D eigenvalue weighted by Gasteiger charge is 2.17. The summed E-state index contributed by atoms with van der Waals surface area (Å²) in [6.07, 6.45) is 1.41. The molecule has 11 nitrogen and oxygen atoms in total. The van der Waals surface area contributed by atoms with E-state index in [1.807, 2.05) is 30.3 Å². The van der Waals surface area contributed by atoms with E-state index < -0.39 is 12.6 Å². The monoisotopic (exact) mass is 506 g/mol. The molecule has 37 heavy (non-hydrogen) atoms. The number of carboxylic acid groups (broad SMARTS) is 1. The molecule has 194 valence electrons. The molecule has 4 aromatic rings. The number of azo groups is 1. The van der Waals surface area contributed by atoms with Crippen LogP contribution in [0, 0.1) is 0 Å². The van der Waals surface area contributed by atoms with Crippen molar-refractivity contribution >= 4 is 33.7 Å². The lowest BCUT2D eigenvalue weighted by atomic mass is 10.2. The number of ether oxygens (including phenoxy) is 3. The van der Waals surface area contributed by atoms with Crippen LogP contribution in [0.1, 0.15) is 17.8 Å². The highest BCUT2D eigenvalue weighted by Crippen LogP contribution is 2.30. The van der Waals surface area contributed by atoms with E-state index in [0.717, 1.165) is 34.2 Å². The van der Waals surface area contributed by atoms with E-state index in [1.54, 1.807) is 19.2 Å². The van der Waals surface area contributed by atoms with Gasteiger partial charge in [-0.05, 0) is 30.2 Å². The summed E-state index contributed by atoms with van der Waals surface area (Å²) in [5, 5.41) is 18.5. The second-order valence-electron chi connectivity index (χ2n) is 8.32. The molecule has 0 unspecified atom stereocenters. The van der Waals surface area contributed by atoms with E-state index in [1.165, 1.54) is 7.11 Å². The van der Waals surface area contributed by atoms with E-state index in [0.29, 0.717) is 55.5 Å². The van der Waals surface area contributed by atoms with Crippen LogP contribution in [0.4, 0.5) is 5.82 Å². The summed E-state index contributed by atoms with van der Waals surface area (Å²) in [6.45, 7) is 1.66. The number of nitrogen functional groups attached to an aromatic ring is 1. The number of fused-ring (bicyclic) bond motifs is 3. The number of hydrogen-bond acceptors (Lipinski definition) is 9. The number of para-hydroxylation sites is 1. The Balaban J connectivity index is 1.45. The van der Waals surface area contributed by atoms with Gasteiger partial charge < -0.3 is 29.6 Å². The molecule has 3 N–H and O–H groups in total. The lowest BCUT2D eigenvalue weighted by Gasteiger charge is -2.10. The van der Waals surface area contributed by atoms with Crippen molar-refractivity contribution in [3.8, 4) is 11.5 Å². The van der Waals surface area contributed by atoms with Crippen LogP contribution in [0.15, 0.2) is 52.7 Å². The zero-order valence-electron chi connectivity index (χ0n) is 20.9. The Labute approximate surface area is 213 Å². The van der Waals surface area contributed by atoms with Crippen molar-refractivity contribution in [3.63, 3.8) is 0 Å². The molecule has 0 fully saturated rings. The number of anilines is 1. The zero-order valence-corrected chi connectivity index (χ0v) is 20.9. The maximum absolute atomic E-state index is 10.8. The largest absolute Gasteiger partial charge is 0.493 e. The van der Waals surface area contributed by atoms with E-state index in [4.69, 9.17) is 30.0 Å². The first kappa shape index (κ1) is 25.8. The fourth-order valence-electron chi connectivity index (χ4n) is 4.10. The minimum Gasteiger partial charge on any atom is -0.493 e. The number of carbonyl (C=O) groups is 1. The SMILES string of the molecule is COCCc1nc2c(N)nc3ccccc3c2n1CCCN=NCc1ccc(OC)c(OCC(=O)O)c1. The number of nitrogens with two attached hydrogens (primary N) is 1. The van der Waals surface area contributed by atoms with Crippen LogP contribution in [0.5, 0.6) is 11.5 Å². The second kappa shape index (κ2) is 12.1. The number of aryl methyl sites for hydroxylation is 1. The van der Waals surface area contributed by atoms with Gasteiger partial charge in [0.05, 0.1) is 37.8 Å². The minimum absolute atomic E-state index is 0.341. The van der Waals surface area contributed by atoms with Crippen molar-refractivity contribution in [1.82, 2.24) is 14.5 Å². The number of rotatable bonds is 13. The number of aliphatic carboxylic acids is 1. The van der Waals surface area contributed by atoms with Crippen molar-refractivity contribution in [1.29, 1.82) is 0 Å². The van der Waals surface area contributed by atoms with Crippen molar-refractivity contribution in [2.45, 2.75) is 25.9 Å². The molecule has 0 aliphatic rings. The van der Waals surface area contributed by atoms with Gasteiger partial charge in [-0.3, -0.25) is 0 Å². The fourth-order valence-corrected chi connectivity index (χ4v) is 4.10. The smallest absolute Gasteiger partial charge is 0.341 e. The molecule has 2 heterocycles. The Bertz CT molecular complexity index is 1420. The summed E-state index contributed by atoms with van der Waals surface area (Å²) in [5.41, 5.74) is 9.59. The lowest BCUT2D eigenvalue weighted by molar-refractivity contribution is -0.139. The van der Waals surface area contributed by atoms with Gasteiger partial charge in [0.2, 0.25) is 0 Å². The number of pyridine rings is 1. The van der Waals surface area contributed by atoms with Crippen LogP contribution < -0.4 is 15.2 Å². The quantitative estimate of drug-likeness (QED) is 0.205. The van der Waals surface area contributed by atoms with Crippen molar-refractivity contribution in [2.24, 2.45) is 10.2 Å². The van der Waals surface area contributed by atoms with E-state index in [-0.39, 0.29) is 0 Å². The molecular weight excluding hydrogens is 476 g/mol. The van der Waals surface area contributed by atoms with Gasteiger partial charge in [0.25, 0.3) is 0 Å². The van der Waals surface area contributed by atoms with Crippen LogP contribution >= 0.6 is 0 Å². The first-order valence-electron chi connectivity index (χ1n) is 11.9. The molecule has 0 aliphatic carbocycles. The molecule has 0 atom stereocenters. The molecular formula is C26H30N6O5. The van der Waals surface area contributed by atoms with Crippen LogP contribution in [-0.2, 0) is 29.0 Å². The third kappa shape index (κ3) is 6.12. The van der Waals surface area contributed by atoms with E-state index in [9.17, 15) is 4.79 Å². The van der Waals surface area contributed by atoms with Gasteiger partial charge >= 0.3 is 5.97 Å². The molecule has 11 heteroatoms. The van der Waals surface area contributed by atoms with Crippen LogP contribution in [0.3, 0.4) is 0 Å². The molecule has 0 radical (unpaired) electrons. The van der Waals surface area contributed by atoms with Crippen molar-refractivity contribution in [2.75, 3.05) is 39.7 Å². The highest BCUT2D eigenvalue weighted by molar-refractivity contribution is 6.06. The van der Waals surface area contributed by atoms with Crippen LogP contribution in [0.2, 0.25) is 0 Å². The first-order valence-corrected chi connectivity index (χ1v) is 11.9. The van der Waals surface area contributed by atoms with Gasteiger partial charge in [-0.1, -0.05) is 24.3 Å². The average Bonchev–Trinajstić information content (AvgIpc) is 3.27. The fraction of sp³-hybridized carbons (Fsp3) is 0.346. The maximum Gasteiger partial charge on any atom is 0.341 e. The number of imidazole rings is 1. The molecule has 0 bridgehead atoms. The van der Waals surface area contributed by atoms with E-state index in [2.05, 4.69) is 19.8 Å². The lowest BCUT2D eigenvalue weighted by Crippen LogP contribution is -2.10. The molecule has 2 aromatic carbocycles. The second-order valence-corrected chi connectivity index (χ2v) is 8.32. The number of methoxy groups -OCH3 is 2. The molecule has 2 aromatic heterocycles. The Morgan fingerprint density at radius 3 is 2.73 bits per heavy atom. The molecule has 4 rings (SSSR count). The Morgan fingerprint density at radius 2 is 1.95 bits per heavy atom. The summed E-state index contributed by atoms with van der Waals surface area (Å²) in [6, 6.07) is 13.2. The number of aromatic nitrogens is 3.